The van der Waals surface area contributed by atoms with Crippen LogP contribution in [0.2, 0.25) is 0 Å². The maximum atomic E-state index is 6.47. The highest BCUT2D eigenvalue weighted by Gasteiger charge is 2.19. The Kier molecular flexibility index (Phi) is 7.64. The first-order chi connectivity index (χ1) is 27.7. The second kappa shape index (κ2) is 13.3. The monoisotopic (exact) mass is 733 g/mol. The van der Waals surface area contributed by atoms with Crippen LogP contribution in [0.3, 0.4) is 0 Å². The quantitative estimate of drug-likeness (QED) is 0.171. The van der Waals surface area contributed by atoms with Gasteiger partial charge in [-0.1, -0.05) is 152 Å². The Morgan fingerprint density at radius 3 is 1.73 bits per heavy atom. The van der Waals surface area contributed by atoms with Crippen molar-refractivity contribution in [2.75, 3.05) is 0 Å². The molecular formula is C51H31N3OS. The van der Waals surface area contributed by atoms with E-state index >= 15 is 0 Å². The molecule has 11 rings (SSSR count). The molecule has 0 bridgehead atoms. The molecule has 0 spiro atoms. The number of nitrogens with zero attached hydrogens (tertiary/aromatic N) is 3. The number of para-hydroxylation sites is 1. The Labute approximate surface area is 327 Å². The van der Waals surface area contributed by atoms with E-state index in [9.17, 15) is 0 Å². The van der Waals surface area contributed by atoms with E-state index in [4.69, 9.17) is 19.4 Å². The summed E-state index contributed by atoms with van der Waals surface area (Å²) in [4.78, 5) is 15.4. The third-order valence-corrected chi connectivity index (χ3v) is 11.7. The van der Waals surface area contributed by atoms with Gasteiger partial charge in [-0.2, -0.15) is 0 Å². The van der Waals surface area contributed by atoms with Crippen LogP contribution in [0.1, 0.15) is 0 Å². The van der Waals surface area contributed by atoms with Crippen molar-refractivity contribution in [3.8, 4) is 67.5 Å². The molecule has 0 fully saturated rings. The van der Waals surface area contributed by atoms with Gasteiger partial charge in [0.1, 0.15) is 11.2 Å². The van der Waals surface area contributed by atoms with E-state index in [1.54, 1.807) is 11.3 Å². The third kappa shape index (κ3) is 5.56. The van der Waals surface area contributed by atoms with E-state index in [2.05, 4.69) is 152 Å². The van der Waals surface area contributed by atoms with Gasteiger partial charge < -0.3 is 4.42 Å². The minimum atomic E-state index is 0.640. The molecule has 11 aromatic rings. The van der Waals surface area contributed by atoms with Gasteiger partial charge in [-0.05, 0) is 69.8 Å². The molecule has 0 saturated heterocycles. The van der Waals surface area contributed by atoms with E-state index < -0.39 is 0 Å². The fraction of sp³-hybridized carbons (Fsp3) is 0. The average Bonchev–Trinajstić information content (AvgIpc) is 3.85. The van der Waals surface area contributed by atoms with E-state index in [0.717, 1.165) is 76.7 Å². The van der Waals surface area contributed by atoms with Crippen LogP contribution in [0.25, 0.3) is 110 Å². The lowest BCUT2D eigenvalue weighted by molar-refractivity contribution is 0.669. The lowest BCUT2D eigenvalue weighted by atomic mass is 9.94. The molecule has 0 aliphatic rings. The van der Waals surface area contributed by atoms with Crippen molar-refractivity contribution >= 4 is 53.4 Å². The van der Waals surface area contributed by atoms with Crippen LogP contribution < -0.4 is 0 Å². The number of benzene rings is 8. The third-order valence-electron chi connectivity index (χ3n) is 10.5. The fourth-order valence-corrected chi connectivity index (χ4v) is 9.08. The molecule has 5 heteroatoms. The number of aromatic nitrogens is 3. The maximum Gasteiger partial charge on any atom is 0.165 e. The van der Waals surface area contributed by atoms with Gasteiger partial charge in [-0.3, -0.25) is 0 Å². The van der Waals surface area contributed by atoms with Crippen molar-refractivity contribution in [2.24, 2.45) is 0 Å². The smallest absolute Gasteiger partial charge is 0.165 e. The Hall–Kier alpha value is -7.21. The average molecular weight is 734 g/mol. The van der Waals surface area contributed by atoms with Gasteiger partial charge in [-0.15, -0.1) is 11.3 Å². The fourth-order valence-electron chi connectivity index (χ4n) is 7.83. The largest absolute Gasteiger partial charge is 0.456 e. The van der Waals surface area contributed by atoms with Gasteiger partial charge >= 0.3 is 0 Å². The highest BCUT2D eigenvalue weighted by Crippen LogP contribution is 2.44. The zero-order chi connectivity index (χ0) is 37.0. The number of hydrogen-bond donors (Lipinski definition) is 0. The molecule has 0 radical (unpaired) electrons. The van der Waals surface area contributed by atoms with Crippen LogP contribution in [0, 0.1) is 0 Å². The highest BCUT2D eigenvalue weighted by molar-refractivity contribution is 7.26. The van der Waals surface area contributed by atoms with Crippen molar-refractivity contribution in [2.45, 2.75) is 0 Å². The van der Waals surface area contributed by atoms with E-state index in [1.807, 2.05) is 36.4 Å². The number of fused-ring (bicyclic) bond motifs is 6. The first-order valence-electron chi connectivity index (χ1n) is 18.7. The first-order valence-corrected chi connectivity index (χ1v) is 19.5. The van der Waals surface area contributed by atoms with Crippen LogP contribution in [-0.4, -0.2) is 15.0 Å². The minimum Gasteiger partial charge on any atom is -0.456 e. The molecule has 3 heterocycles. The van der Waals surface area contributed by atoms with Crippen LogP contribution >= 0.6 is 11.3 Å². The standard InChI is InChI=1S/C51H31N3OS/c1-4-14-32(15-5-1)35-20-12-21-37(28-35)50-52-49(34-18-8-3-9-19-34)53-51(54-50)42-24-13-23-40-39-27-26-36(31-46(39)56-48(40)42)43-29-38(33-16-6-2-7-17-33)30-45-47(43)41-22-10-11-25-44(41)55-45/h1-31H. The zero-order valence-electron chi connectivity index (χ0n) is 30.1. The van der Waals surface area contributed by atoms with E-state index in [-0.39, 0.29) is 0 Å². The predicted molar refractivity (Wildman–Crippen MR) is 233 cm³/mol. The number of hydrogen-bond acceptors (Lipinski definition) is 5. The van der Waals surface area contributed by atoms with Crippen LogP contribution in [0.15, 0.2) is 192 Å². The summed E-state index contributed by atoms with van der Waals surface area (Å²) in [6.07, 6.45) is 0. The Morgan fingerprint density at radius 2 is 0.946 bits per heavy atom. The molecule has 0 unspecified atom stereocenters. The molecular weight excluding hydrogens is 703 g/mol. The Morgan fingerprint density at radius 1 is 0.339 bits per heavy atom. The lowest BCUT2D eigenvalue weighted by Crippen LogP contribution is -2.00. The van der Waals surface area contributed by atoms with Gasteiger partial charge in [0.25, 0.3) is 0 Å². The van der Waals surface area contributed by atoms with E-state index in [0.29, 0.717) is 17.5 Å². The summed E-state index contributed by atoms with van der Waals surface area (Å²) in [6.45, 7) is 0. The molecule has 262 valence electrons. The molecule has 0 amide bonds. The molecule has 0 saturated carbocycles. The van der Waals surface area contributed by atoms with Crippen molar-refractivity contribution in [3.63, 3.8) is 0 Å². The highest BCUT2D eigenvalue weighted by atomic mass is 32.1. The second-order valence-electron chi connectivity index (χ2n) is 14.0. The lowest BCUT2D eigenvalue weighted by Gasteiger charge is -2.10. The van der Waals surface area contributed by atoms with Crippen LogP contribution in [-0.2, 0) is 0 Å². The first kappa shape index (κ1) is 32.2. The predicted octanol–water partition coefficient (Wildman–Crippen LogP) is 14.1. The summed E-state index contributed by atoms with van der Waals surface area (Å²) in [5.74, 6) is 1.94. The SMILES string of the molecule is c1ccc(-c2cccc(-c3nc(-c4ccccc4)nc(-c4cccc5c4sc4cc(-c6cc(-c7ccccc7)cc7oc8ccccc8c67)ccc45)n3)c2)cc1. The van der Waals surface area contributed by atoms with Crippen molar-refractivity contribution < 1.29 is 4.42 Å². The second-order valence-corrected chi connectivity index (χ2v) is 15.0. The van der Waals surface area contributed by atoms with Crippen LogP contribution in [0.5, 0.6) is 0 Å². The van der Waals surface area contributed by atoms with Gasteiger partial charge in [-0.25, -0.2) is 15.0 Å². The van der Waals surface area contributed by atoms with E-state index in [1.165, 1.54) is 15.5 Å². The Bertz CT molecular complexity index is 3240. The van der Waals surface area contributed by atoms with Crippen molar-refractivity contribution in [1.29, 1.82) is 0 Å². The van der Waals surface area contributed by atoms with Gasteiger partial charge in [0.2, 0.25) is 0 Å². The molecule has 4 nitrogen and oxygen atoms in total. The van der Waals surface area contributed by atoms with Gasteiger partial charge in [0, 0.05) is 47.6 Å². The molecule has 0 aliphatic heterocycles. The maximum absolute atomic E-state index is 6.47. The van der Waals surface area contributed by atoms with Gasteiger partial charge in [0.15, 0.2) is 17.5 Å². The summed E-state index contributed by atoms with van der Waals surface area (Å²) in [5, 5.41) is 4.63. The molecule has 3 aromatic heterocycles. The number of thiophene rings is 1. The van der Waals surface area contributed by atoms with Crippen molar-refractivity contribution in [1.82, 2.24) is 15.0 Å². The number of rotatable bonds is 6. The van der Waals surface area contributed by atoms with Crippen molar-refractivity contribution in [3.05, 3.63) is 188 Å². The molecule has 0 atom stereocenters. The molecule has 56 heavy (non-hydrogen) atoms. The summed E-state index contributed by atoms with van der Waals surface area (Å²) in [5.41, 5.74) is 11.5. The molecule has 8 aromatic carbocycles. The Balaban J connectivity index is 1.09. The molecule has 0 N–H and O–H groups in total. The number of furan rings is 1. The summed E-state index contributed by atoms with van der Waals surface area (Å²) in [6, 6.07) is 65.6. The summed E-state index contributed by atoms with van der Waals surface area (Å²) < 4.78 is 8.82. The summed E-state index contributed by atoms with van der Waals surface area (Å²) >= 11 is 1.78. The summed E-state index contributed by atoms with van der Waals surface area (Å²) in [7, 11) is 0. The van der Waals surface area contributed by atoms with Gasteiger partial charge in [0.05, 0.1) is 0 Å². The zero-order valence-corrected chi connectivity index (χ0v) is 30.9. The minimum absolute atomic E-state index is 0.640. The topological polar surface area (TPSA) is 51.8 Å². The van der Waals surface area contributed by atoms with Crippen LogP contribution in [0.4, 0.5) is 0 Å². The normalized spacial score (nSPS) is 11.6. The molecule has 0 aliphatic carbocycles.